The third-order valence-electron chi connectivity index (χ3n) is 5.15. The second-order valence-corrected chi connectivity index (χ2v) is 7.79. The summed E-state index contributed by atoms with van der Waals surface area (Å²) in [5, 5.41) is 4.14. The van der Waals surface area contributed by atoms with Gasteiger partial charge in [0.1, 0.15) is 18.0 Å². The van der Waals surface area contributed by atoms with Crippen LogP contribution in [0.4, 0.5) is 14.5 Å². The first-order valence-electron chi connectivity index (χ1n) is 9.38. The Morgan fingerprint density at radius 1 is 1.37 bits per heavy atom. The highest BCUT2D eigenvalue weighted by Crippen LogP contribution is 2.31. The maximum atomic E-state index is 13.1. The first-order valence-corrected chi connectivity index (χ1v) is 10.1. The molecule has 7 nitrogen and oxygen atoms in total. The number of alkyl halides is 2. The summed E-state index contributed by atoms with van der Waals surface area (Å²) in [6, 6.07) is 5.43. The molecule has 2 aromatic rings. The van der Waals surface area contributed by atoms with Gasteiger partial charge in [-0.05, 0) is 19.1 Å². The van der Waals surface area contributed by atoms with Crippen LogP contribution in [0.25, 0.3) is 0 Å². The molecule has 1 aromatic heterocycles. The summed E-state index contributed by atoms with van der Waals surface area (Å²) in [6.45, 7) is 3.32. The molecule has 0 bridgehead atoms. The molecule has 3 rings (SSSR count). The van der Waals surface area contributed by atoms with E-state index in [2.05, 4.69) is 10.00 Å². The summed E-state index contributed by atoms with van der Waals surface area (Å²) >= 11 is 12.0. The van der Waals surface area contributed by atoms with Crippen molar-refractivity contribution < 1.29 is 18.3 Å². The normalized spacial score (nSPS) is 17.0. The Hall–Kier alpha value is -2.10. The number of rotatable bonds is 6. The van der Waals surface area contributed by atoms with Crippen molar-refractivity contribution in [1.82, 2.24) is 14.7 Å². The zero-order valence-corrected chi connectivity index (χ0v) is 18.1. The van der Waals surface area contributed by atoms with Crippen molar-refractivity contribution in [1.29, 1.82) is 0 Å². The van der Waals surface area contributed by atoms with Gasteiger partial charge in [-0.15, -0.1) is 0 Å². The Kier molecular flexibility index (Phi) is 7.05. The maximum Gasteiger partial charge on any atom is 0.283 e. The van der Waals surface area contributed by atoms with Crippen molar-refractivity contribution in [3.8, 4) is 5.75 Å². The van der Waals surface area contributed by atoms with Crippen LogP contribution in [0, 0.1) is 0 Å². The van der Waals surface area contributed by atoms with E-state index in [0.717, 1.165) is 5.69 Å². The van der Waals surface area contributed by atoms with Gasteiger partial charge in [0, 0.05) is 44.0 Å². The fraction of sp³-hybridized carbons (Fsp3) is 0.474. The number of nitrogens with zero attached hydrogens (tertiary/aromatic N) is 4. The zero-order chi connectivity index (χ0) is 22.0. The molecule has 11 heteroatoms. The van der Waals surface area contributed by atoms with Crippen LogP contribution in [0.2, 0.25) is 10.0 Å². The van der Waals surface area contributed by atoms with Gasteiger partial charge >= 0.3 is 0 Å². The first-order chi connectivity index (χ1) is 14.3. The third-order valence-corrected chi connectivity index (χ3v) is 5.88. The minimum absolute atomic E-state index is 0.0897. The highest BCUT2D eigenvalue weighted by molar-refractivity contribution is 6.32. The average Bonchev–Trinajstić information content (AvgIpc) is 3.03. The Balaban J connectivity index is 1.70. The SMILES string of the molecule is COc1cc(N2CCN(C(=O)Cn3nc(C(F)F)c(Cl)c3CN)[C@@H](C)C2)ccc1Cl. The largest absolute Gasteiger partial charge is 0.495 e. The molecule has 0 aliphatic carbocycles. The number of amides is 1. The van der Waals surface area contributed by atoms with E-state index in [9.17, 15) is 13.6 Å². The highest BCUT2D eigenvalue weighted by Gasteiger charge is 2.30. The lowest BCUT2D eigenvalue weighted by Gasteiger charge is -2.41. The van der Waals surface area contributed by atoms with Gasteiger partial charge in [0.2, 0.25) is 5.91 Å². The molecule has 1 atom stereocenters. The molecule has 0 radical (unpaired) electrons. The Labute approximate surface area is 183 Å². The second kappa shape index (κ2) is 9.36. The number of halogens is 4. The van der Waals surface area contributed by atoms with Crippen LogP contribution in [0.3, 0.4) is 0 Å². The molecule has 1 aromatic carbocycles. The number of hydrogen-bond donors (Lipinski definition) is 1. The van der Waals surface area contributed by atoms with E-state index in [1.54, 1.807) is 18.1 Å². The predicted molar refractivity (Wildman–Crippen MR) is 111 cm³/mol. The summed E-state index contributed by atoms with van der Waals surface area (Å²) in [6.07, 6.45) is -2.84. The standard InChI is InChI=1S/C19H23Cl2F2N5O2/c1-11-9-26(12-3-4-13(20)15(7-12)30-2)5-6-27(11)16(29)10-28-14(8-24)17(21)18(25-28)19(22)23/h3-4,7,11,19H,5-6,8-10,24H2,1-2H3/t11-/m0/s1. The molecule has 0 spiro atoms. The van der Waals surface area contributed by atoms with Crippen LogP contribution in [-0.2, 0) is 17.9 Å². The lowest BCUT2D eigenvalue weighted by Crippen LogP contribution is -2.55. The summed E-state index contributed by atoms with van der Waals surface area (Å²) in [7, 11) is 1.56. The average molecular weight is 462 g/mol. The number of nitrogens with two attached hydrogens (primary N) is 1. The molecule has 164 valence electrons. The predicted octanol–water partition coefficient (Wildman–Crippen LogP) is 3.33. The van der Waals surface area contributed by atoms with Crippen LogP contribution in [-0.4, -0.2) is 53.4 Å². The van der Waals surface area contributed by atoms with E-state index in [4.69, 9.17) is 33.7 Å². The fourth-order valence-corrected chi connectivity index (χ4v) is 4.08. The van der Waals surface area contributed by atoms with Crippen LogP contribution >= 0.6 is 23.2 Å². The number of piperazine rings is 1. The number of hydrogen-bond acceptors (Lipinski definition) is 5. The minimum atomic E-state index is -2.84. The monoisotopic (exact) mass is 461 g/mol. The summed E-state index contributed by atoms with van der Waals surface area (Å²) in [5.74, 6) is 0.352. The van der Waals surface area contributed by atoms with Crippen molar-refractivity contribution in [2.24, 2.45) is 5.73 Å². The van der Waals surface area contributed by atoms with Gasteiger partial charge in [0.05, 0.1) is 22.8 Å². The molecule has 0 saturated carbocycles. The van der Waals surface area contributed by atoms with E-state index in [0.29, 0.717) is 30.4 Å². The van der Waals surface area contributed by atoms with Gasteiger partial charge in [-0.3, -0.25) is 9.48 Å². The molecule has 2 N–H and O–H groups in total. The van der Waals surface area contributed by atoms with Crippen molar-refractivity contribution in [3.63, 3.8) is 0 Å². The second-order valence-electron chi connectivity index (χ2n) is 7.01. The number of anilines is 1. The Morgan fingerprint density at radius 2 is 2.10 bits per heavy atom. The smallest absolute Gasteiger partial charge is 0.283 e. The number of carbonyl (C=O) groups is 1. The van der Waals surface area contributed by atoms with Gasteiger partial charge in [-0.1, -0.05) is 23.2 Å². The molecule has 0 unspecified atom stereocenters. The van der Waals surface area contributed by atoms with Crippen molar-refractivity contribution in [2.45, 2.75) is 32.5 Å². The first kappa shape index (κ1) is 22.6. The van der Waals surface area contributed by atoms with Crippen LogP contribution in [0.5, 0.6) is 5.75 Å². The maximum absolute atomic E-state index is 13.1. The van der Waals surface area contributed by atoms with Gasteiger partial charge in [-0.2, -0.15) is 5.10 Å². The molecule has 2 heterocycles. The molecule has 30 heavy (non-hydrogen) atoms. The topological polar surface area (TPSA) is 76.6 Å². The number of carbonyl (C=O) groups excluding carboxylic acids is 1. The van der Waals surface area contributed by atoms with E-state index in [-0.39, 0.29) is 35.8 Å². The Bertz CT molecular complexity index is 925. The summed E-state index contributed by atoms with van der Waals surface area (Å²) < 4.78 is 32.6. The molecular weight excluding hydrogens is 439 g/mol. The van der Waals surface area contributed by atoms with Gasteiger partial charge in [0.15, 0.2) is 0 Å². The molecule has 1 amide bonds. The number of benzene rings is 1. The molecule has 1 fully saturated rings. The van der Waals surface area contributed by atoms with E-state index >= 15 is 0 Å². The van der Waals surface area contributed by atoms with Crippen LogP contribution < -0.4 is 15.4 Å². The third kappa shape index (κ3) is 4.48. The quantitative estimate of drug-likeness (QED) is 0.713. The van der Waals surface area contributed by atoms with E-state index < -0.39 is 12.1 Å². The fourth-order valence-electron chi connectivity index (χ4n) is 3.59. The minimum Gasteiger partial charge on any atom is -0.495 e. The van der Waals surface area contributed by atoms with Gasteiger partial charge in [0.25, 0.3) is 6.43 Å². The van der Waals surface area contributed by atoms with E-state index in [1.165, 1.54) is 4.68 Å². The zero-order valence-electron chi connectivity index (χ0n) is 16.6. The molecule has 1 saturated heterocycles. The van der Waals surface area contributed by atoms with Crippen LogP contribution in [0.1, 0.15) is 24.7 Å². The van der Waals surface area contributed by atoms with Crippen LogP contribution in [0.15, 0.2) is 18.2 Å². The van der Waals surface area contributed by atoms with Gasteiger partial charge < -0.3 is 20.3 Å². The van der Waals surface area contributed by atoms with Crippen molar-refractivity contribution >= 4 is 34.8 Å². The molecular formula is C19H23Cl2F2N5O2. The summed E-state index contributed by atoms with van der Waals surface area (Å²) in [4.78, 5) is 16.7. The molecule has 1 aliphatic rings. The number of methoxy groups -OCH3 is 1. The highest BCUT2D eigenvalue weighted by atomic mass is 35.5. The molecule has 1 aliphatic heterocycles. The number of aromatic nitrogens is 2. The van der Waals surface area contributed by atoms with Crippen molar-refractivity contribution in [2.75, 3.05) is 31.6 Å². The van der Waals surface area contributed by atoms with Gasteiger partial charge in [-0.25, -0.2) is 8.78 Å². The lowest BCUT2D eigenvalue weighted by molar-refractivity contribution is -0.134. The van der Waals surface area contributed by atoms with E-state index in [1.807, 2.05) is 19.1 Å². The Morgan fingerprint density at radius 3 is 2.70 bits per heavy atom. The van der Waals surface area contributed by atoms with Crippen molar-refractivity contribution in [3.05, 3.63) is 39.6 Å². The number of ether oxygens (including phenoxy) is 1. The lowest BCUT2D eigenvalue weighted by atomic mass is 10.1. The summed E-state index contributed by atoms with van der Waals surface area (Å²) in [5.41, 5.74) is 6.23.